The van der Waals surface area contributed by atoms with Gasteiger partial charge in [-0.25, -0.2) is 0 Å². The molecule has 3 nitrogen and oxygen atoms in total. The summed E-state index contributed by atoms with van der Waals surface area (Å²) < 4.78 is 1.03. The first-order valence-corrected chi connectivity index (χ1v) is 5.32. The van der Waals surface area contributed by atoms with Crippen molar-refractivity contribution < 1.29 is 4.79 Å². The SMILES string of the molecule is CN(CCc1ccc(Br)cc1)C(=O)C#N. The van der Waals surface area contributed by atoms with E-state index in [9.17, 15) is 4.79 Å². The van der Waals surface area contributed by atoms with Crippen LogP contribution in [-0.2, 0) is 11.2 Å². The summed E-state index contributed by atoms with van der Waals surface area (Å²) in [6.07, 6.45) is 0.761. The molecule has 1 amide bonds. The van der Waals surface area contributed by atoms with E-state index >= 15 is 0 Å². The zero-order valence-electron chi connectivity index (χ0n) is 8.40. The molecule has 0 aliphatic heterocycles. The van der Waals surface area contributed by atoms with E-state index in [4.69, 9.17) is 5.26 Å². The van der Waals surface area contributed by atoms with Crippen molar-refractivity contribution in [2.75, 3.05) is 13.6 Å². The van der Waals surface area contributed by atoms with E-state index in [2.05, 4.69) is 15.9 Å². The number of likely N-dealkylation sites (N-methyl/N-ethyl adjacent to an activating group) is 1. The lowest BCUT2D eigenvalue weighted by Gasteiger charge is -2.12. The zero-order chi connectivity index (χ0) is 11.3. The molecule has 0 radical (unpaired) electrons. The fourth-order valence-electron chi connectivity index (χ4n) is 1.13. The third-order valence-electron chi connectivity index (χ3n) is 2.09. The third kappa shape index (κ3) is 3.72. The lowest BCUT2D eigenvalue weighted by molar-refractivity contribution is -0.124. The van der Waals surface area contributed by atoms with E-state index in [1.54, 1.807) is 13.1 Å². The molecule has 0 saturated carbocycles. The van der Waals surface area contributed by atoms with Crippen molar-refractivity contribution in [3.05, 3.63) is 34.3 Å². The van der Waals surface area contributed by atoms with Gasteiger partial charge in [-0.2, -0.15) is 5.26 Å². The maximum atomic E-state index is 10.9. The van der Waals surface area contributed by atoms with Gasteiger partial charge in [-0.05, 0) is 24.1 Å². The first-order valence-electron chi connectivity index (χ1n) is 4.53. The number of hydrogen-bond donors (Lipinski definition) is 0. The first-order chi connectivity index (χ1) is 7.13. The molecule has 0 N–H and O–H groups in total. The van der Waals surface area contributed by atoms with Gasteiger partial charge in [0.1, 0.15) is 0 Å². The number of nitriles is 1. The highest BCUT2D eigenvalue weighted by molar-refractivity contribution is 9.10. The predicted molar refractivity (Wildman–Crippen MR) is 61.1 cm³/mol. The van der Waals surface area contributed by atoms with Crippen LogP contribution < -0.4 is 0 Å². The second-order valence-electron chi connectivity index (χ2n) is 3.21. The summed E-state index contributed by atoms with van der Waals surface area (Å²) in [7, 11) is 1.63. The second kappa shape index (κ2) is 5.52. The number of rotatable bonds is 3. The summed E-state index contributed by atoms with van der Waals surface area (Å²) in [4.78, 5) is 12.4. The Kier molecular flexibility index (Phi) is 4.32. The summed E-state index contributed by atoms with van der Waals surface area (Å²) in [5.41, 5.74) is 1.15. The first kappa shape index (κ1) is 11.7. The Hall–Kier alpha value is -1.34. The fourth-order valence-corrected chi connectivity index (χ4v) is 1.40. The molecule has 1 aromatic carbocycles. The quantitative estimate of drug-likeness (QED) is 0.786. The van der Waals surface area contributed by atoms with Crippen LogP contribution in [0.2, 0.25) is 0 Å². The van der Waals surface area contributed by atoms with Gasteiger partial charge in [0.15, 0.2) is 6.07 Å². The summed E-state index contributed by atoms with van der Waals surface area (Å²) >= 11 is 3.35. The van der Waals surface area contributed by atoms with Crippen LogP contribution in [0.1, 0.15) is 5.56 Å². The Bertz CT molecular complexity index is 381. The van der Waals surface area contributed by atoms with Gasteiger partial charge in [-0.1, -0.05) is 28.1 Å². The van der Waals surface area contributed by atoms with Gasteiger partial charge < -0.3 is 4.90 Å². The Morgan fingerprint density at radius 3 is 2.60 bits per heavy atom. The van der Waals surface area contributed by atoms with Crippen LogP contribution in [-0.4, -0.2) is 24.4 Å². The molecule has 78 valence electrons. The Morgan fingerprint density at radius 1 is 1.47 bits per heavy atom. The van der Waals surface area contributed by atoms with Crippen LogP contribution in [0.3, 0.4) is 0 Å². The predicted octanol–water partition coefficient (Wildman–Crippen LogP) is 1.97. The van der Waals surface area contributed by atoms with E-state index in [0.717, 1.165) is 16.5 Å². The van der Waals surface area contributed by atoms with Gasteiger partial charge in [-0.3, -0.25) is 4.79 Å². The number of amides is 1. The molecule has 15 heavy (non-hydrogen) atoms. The minimum Gasteiger partial charge on any atom is -0.333 e. The van der Waals surface area contributed by atoms with E-state index in [1.165, 1.54) is 4.90 Å². The molecule has 0 saturated heterocycles. The molecule has 0 aromatic heterocycles. The van der Waals surface area contributed by atoms with Crippen molar-refractivity contribution in [3.8, 4) is 6.07 Å². The topological polar surface area (TPSA) is 44.1 Å². The Labute approximate surface area is 97.4 Å². The van der Waals surface area contributed by atoms with Crippen LogP contribution >= 0.6 is 15.9 Å². The highest BCUT2D eigenvalue weighted by atomic mass is 79.9. The average Bonchev–Trinajstić information content (AvgIpc) is 2.26. The van der Waals surface area contributed by atoms with Crippen LogP contribution in [0.4, 0.5) is 0 Å². The fraction of sp³-hybridized carbons (Fsp3) is 0.273. The summed E-state index contributed by atoms with van der Waals surface area (Å²) in [6, 6.07) is 9.50. The van der Waals surface area contributed by atoms with Crippen molar-refractivity contribution in [1.82, 2.24) is 4.90 Å². The highest BCUT2D eigenvalue weighted by Crippen LogP contribution is 2.10. The molecule has 0 unspecified atom stereocenters. The van der Waals surface area contributed by atoms with Crippen LogP contribution in [0.15, 0.2) is 28.7 Å². The lowest BCUT2D eigenvalue weighted by atomic mass is 10.1. The molecular formula is C11H11BrN2O. The van der Waals surface area contributed by atoms with Crippen molar-refractivity contribution in [1.29, 1.82) is 5.26 Å². The molecule has 0 fully saturated rings. The summed E-state index contributed by atoms with van der Waals surface area (Å²) in [5.74, 6) is -0.493. The molecule has 0 aliphatic rings. The Morgan fingerprint density at radius 2 is 2.07 bits per heavy atom. The molecule has 0 spiro atoms. The summed E-state index contributed by atoms with van der Waals surface area (Å²) in [5, 5.41) is 8.39. The minimum atomic E-state index is -0.493. The van der Waals surface area contributed by atoms with Gasteiger partial charge in [0.25, 0.3) is 0 Å². The molecule has 0 atom stereocenters. The molecule has 4 heteroatoms. The number of carbonyl (C=O) groups excluding carboxylic acids is 1. The van der Waals surface area contributed by atoms with Crippen LogP contribution in [0, 0.1) is 11.3 Å². The smallest absolute Gasteiger partial charge is 0.324 e. The van der Waals surface area contributed by atoms with E-state index in [-0.39, 0.29) is 0 Å². The summed E-state index contributed by atoms with van der Waals surface area (Å²) in [6.45, 7) is 0.564. The molecule has 0 heterocycles. The maximum absolute atomic E-state index is 10.9. The average molecular weight is 267 g/mol. The van der Waals surface area contributed by atoms with Crippen LogP contribution in [0.5, 0.6) is 0 Å². The standard InChI is InChI=1S/C11H11BrN2O/c1-14(11(15)8-13)7-6-9-2-4-10(12)5-3-9/h2-5H,6-7H2,1H3. The monoisotopic (exact) mass is 266 g/mol. The van der Waals surface area contributed by atoms with E-state index < -0.39 is 5.91 Å². The second-order valence-corrected chi connectivity index (χ2v) is 4.13. The number of halogens is 1. The number of benzene rings is 1. The van der Waals surface area contributed by atoms with Crippen LogP contribution in [0.25, 0.3) is 0 Å². The highest BCUT2D eigenvalue weighted by Gasteiger charge is 2.06. The van der Waals surface area contributed by atoms with Gasteiger partial charge in [-0.15, -0.1) is 0 Å². The minimum absolute atomic E-state index is 0.493. The normalized spacial score (nSPS) is 9.40. The lowest BCUT2D eigenvalue weighted by Crippen LogP contribution is -2.27. The van der Waals surface area contributed by atoms with Crippen molar-refractivity contribution in [2.45, 2.75) is 6.42 Å². The van der Waals surface area contributed by atoms with Gasteiger partial charge in [0.2, 0.25) is 0 Å². The van der Waals surface area contributed by atoms with Crippen molar-refractivity contribution in [2.24, 2.45) is 0 Å². The van der Waals surface area contributed by atoms with Crippen molar-refractivity contribution in [3.63, 3.8) is 0 Å². The van der Waals surface area contributed by atoms with E-state index in [1.807, 2.05) is 24.3 Å². The molecule has 0 aliphatic carbocycles. The van der Waals surface area contributed by atoms with Gasteiger partial charge >= 0.3 is 5.91 Å². The zero-order valence-corrected chi connectivity index (χ0v) is 9.99. The number of nitrogens with zero attached hydrogens (tertiary/aromatic N) is 2. The third-order valence-corrected chi connectivity index (χ3v) is 2.62. The van der Waals surface area contributed by atoms with E-state index in [0.29, 0.717) is 6.54 Å². The molecular weight excluding hydrogens is 256 g/mol. The van der Waals surface area contributed by atoms with Crippen molar-refractivity contribution >= 4 is 21.8 Å². The Balaban J connectivity index is 2.48. The molecule has 1 rings (SSSR count). The maximum Gasteiger partial charge on any atom is 0.324 e. The largest absolute Gasteiger partial charge is 0.333 e. The number of carbonyl (C=O) groups is 1. The van der Waals surface area contributed by atoms with Gasteiger partial charge in [0, 0.05) is 18.1 Å². The molecule has 0 bridgehead atoms. The van der Waals surface area contributed by atoms with Gasteiger partial charge in [0.05, 0.1) is 0 Å². The number of hydrogen-bond acceptors (Lipinski definition) is 2. The molecule has 1 aromatic rings.